The molecule has 1 saturated carbocycles. The summed E-state index contributed by atoms with van der Waals surface area (Å²) in [6.07, 6.45) is 7.81. The van der Waals surface area contributed by atoms with E-state index in [0.717, 1.165) is 32.1 Å². The molecule has 4 unspecified atom stereocenters. The number of nitrogens with zero attached hydrogens (tertiary/aromatic N) is 1. The van der Waals surface area contributed by atoms with Crippen molar-refractivity contribution in [3.8, 4) is 0 Å². The molecule has 2 fully saturated rings. The van der Waals surface area contributed by atoms with Gasteiger partial charge in [0.05, 0.1) is 0 Å². The maximum Gasteiger partial charge on any atom is 0.326 e. The van der Waals surface area contributed by atoms with Crippen molar-refractivity contribution in [2.75, 3.05) is 13.1 Å². The number of hydrogen-bond acceptors (Lipinski definition) is 4. The van der Waals surface area contributed by atoms with Crippen LogP contribution in [-0.4, -0.2) is 58.9 Å². The highest BCUT2D eigenvalue weighted by molar-refractivity contribution is 5.93. The molecule has 4 atom stereocenters. The van der Waals surface area contributed by atoms with Crippen LogP contribution in [0.4, 0.5) is 0 Å². The van der Waals surface area contributed by atoms with Gasteiger partial charge in [-0.05, 0) is 37.0 Å². The number of carboxylic acids is 1. The minimum atomic E-state index is -1.13. The number of nitrogens with one attached hydrogen (secondary N) is 2. The van der Waals surface area contributed by atoms with E-state index in [0.29, 0.717) is 25.9 Å². The van der Waals surface area contributed by atoms with Gasteiger partial charge in [-0.25, -0.2) is 4.79 Å². The number of carboxylic acid groups (broad SMARTS) is 1. The maximum absolute atomic E-state index is 13.7. The van der Waals surface area contributed by atoms with Crippen molar-refractivity contribution in [3.05, 3.63) is 12.7 Å². The van der Waals surface area contributed by atoms with Crippen molar-refractivity contribution < 1.29 is 24.3 Å². The van der Waals surface area contributed by atoms with Crippen molar-refractivity contribution in [2.45, 2.75) is 91.1 Å². The van der Waals surface area contributed by atoms with Crippen LogP contribution in [-0.2, 0) is 19.2 Å². The molecule has 192 valence electrons. The lowest BCUT2D eigenvalue weighted by Gasteiger charge is -2.34. The lowest BCUT2D eigenvalue weighted by molar-refractivity contribution is -0.147. The Morgan fingerprint density at radius 2 is 1.74 bits per heavy atom. The Hall–Kier alpha value is -2.38. The third-order valence-electron chi connectivity index (χ3n) is 7.06. The fraction of sp³-hybridized carbons (Fsp3) is 0.769. The zero-order valence-electron chi connectivity index (χ0n) is 21.3. The van der Waals surface area contributed by atoms with Gasteiger partial charge >= 0.3 is 5.97 Å². The number of amides is 3. The molecular formula is C26H43N3O5. The second kappa shape index (κ2) is 12.4. The van der Waals surface area contributed by atoms with Crippen LogP contribution in [0.1, 0.15) is 79.1 Å². The Kier molecular flexibility index (Phi) is 10.1. The molecule has 1 aliphatic carbocycles. The normalized spacial score (nSPS) is 21.9. The predicted octanol–water partition coefficient (Wildman–Crippen LogP) is 3.12. The standard InChI is InChI=1S/C26H43N3O5/c1-6-17(2)22(25(33)34)28-23(31)20-13-10-14-29(20)24(32)19(18-11-8-7-9-12-18)15-21(30)27-16-26(3,4)5/h6,17-20,22H,1,7-16H2,2-5H3,(H,27,30)(H,28,31)(H,33,34). The number of aliphatic carboxylic acids is 1. The zero-order chi connectivity index (χ0) is 25.5. The molecule has 1 saturated heterocycles. The average Bonchev–Trinajstić information content (AvgIpc) is 3.28. The molecule has 3 amide bonds. The molecule has 0 aromatic carbocycles. The summed E-state index contributed by atoms with van der Waals surface area (Å²) in [6, 6.07) is -1.81. The summed E-state index contributed by atoms with van der Waals surface area (Å²) in [7, 11) is 0. The molecule has 2 aliphatic rings. The minimum Gasteiger partial charge on any atom is -0.480 e. The number of likely N-dealkylation sites (tertiary alicyclic amines) is 1. The molecule has 1 heterocycles. The third-order valence-corrected chi connectivity index (χ3v) is 7.06. The molecule has 0 radical (unpaired) electrons. The van der Waals surface area contributed by atoms with E-state index < -0.39 is 35.8 Å². The number of rotatable bonds is 10. The van der Waals surface area contributed by atoms with Gasteiger partial charge in [0.25, 0.3) is 0 Å². The van der Waals surface area contributed by atoms with E-state index in [1.807, 2.05) is 20.8 Å². The van der Waals surface area contributed by atoms with Gasteiger partial charge in [-0.2, -0.15) is 0 Å². The zero-order valence-corrected chi connectivity index (χ0v) is 21.3. The first-order chi connectivity index (χ1) is 15.9. The first-order valence-corrected chi connectivity index (χ1v) is 12.7. The smallest absolute Gasteiger partial charge is 0.326 e. The minimum absolute atomic E-state index is 0.0542. The van der Waals surface area contributed by atoms with Gasteiger partial charge in [0.15, 0.2) is 0 Å². The van der Waals surface area contributed by atoms with Gasteiger partial charge in [-0.1, -0.05) is 53.0 Å². The Bertz CT molecular complexity index is 754. The first kappa shape index (κ1) is 27.9. The molecule has 3 N–H and O–H groups in total. The Labute approximate surface area is 203 Å². The summed E-state index contributed by atoms with van der Waals surface area (Å²) < 4.78 is 0. The van der Waals surface area contributed by atoms with Crippen LogP contribution in [0.5, 0.6) is 0 Å². The van der Waals surface area contributed by atoms with Gasteiger partial charge in [0.2, 0.25) is 17.7 Å². The second-order valence-corrected chi connectivity index (χ2v) is 11.2. The van der Waals surface area contributed by atoms with E-state index >= 15 is 0 Å². The van der Waals surface area contributed by atoms with Crippen LogP contribution in [0.3, 0.4) is 0 Å². The summed E-state index contributed by atoms with van der Waals surface area (Å²) >= 11 is 0. The van der Waals surface area contributed by atoms with Crippen LogP contribution in [0.25, 0.3) is 0 Å². The van der Waals surface area contributed by atoms with E-state index in [4.69, 9.17) is 0 Å². The molecule has 0 aromatic heterocycles. The highest BCUT2D eigenvalue weighted by atomic mass is 16.4. The Morgan fingerprint density at radius 1 is 1.09 bits per heavy atom. The van der Waals surface area contributed by atoms with Crippen LogP contribution >= 0.6 is 0 Å². The van der Waals surface area contributed by atoms with Crippen molar-refractivity contribution in [2.24, 2.45) is 23.2 Å². The summed E-state index contributed by atoms with van der Waals surface area (Å²) in [5.41, 5.74) is -0.0542. The highest BCUT2D eigenvalue weighted by Crippen LogP contribution is 2.34. The van der Waals surface area contributed by atoms with E-state index in [2.05, 4.69) is 17.2 Å². The SMILES string of the molecule is C=CC(C)C(NC(=O)C1CCCN1C(=O)C(CC(=O)NCC(C)(C)C)C1CCCCC1)C(=O)O. The first-order valence-electron chi connectivity index (χ1n) is 12.7. The molecule has 8 nitrogen and oxygen atoms in total. The Morgan fingerprint density at radius 3 is 2.29 bits per heavy atom. The largest absolute Gasteiger partial charge is 0.480 e. The number of carbonyl (C=O) groups is 4. The Balaban J connectivity index is 2.16. The molecule has 1 aliphatic heterocycles. The molecule has 0 bridgehead atoms. The predicted molar refractivity (Wildman–Crippen MR) is 131 cm³/mol. The van der Waals surface area contributed by atoms with Gasteiger partial charge in [-0.3, -0.25) is 14.4 Å². The van der Waals surface area contributed by atoms with Gasteiger partial charge in [0, 0.05) is 31.3 Å². The summed E-state index contributed by atoms with van der Waals surface area (Å²) in [6.45, 7) is 12.4. The summed E-state index contributed by atoms with van der Waals surface area (Å²) in [5.74, 6) is -2.66. The van der Waals surface area contributed by atoms with E-state index in [9.17, 15) is 24.3 Å². The molecule has 0 aromatic rings. The average molecular weight is 478 g/mol. The monoisotopic (exact) mass is 477 g/mol. The topological polar surface area (TPSA) is 116 Å². The van der Waals surface area contributed by atoms with Crippen molar-refractivity contribution in [1.29, 1.82) is 0 Å². The maximum atomic E-state index is 13.7. The van der Waals surface area contributed by atoms with E-state index in [1.165, 1.54) is 6.08 Å². The molecular weight excluding hydrogens is 434 g/mol. The molecule has 34 heavy (non-hydrogen) atoms. The number of hydrogen-bond donors (Lipinski definition) is 3. The fourth-order valence-corrected chi connectivity index (χ4v) is 4.95. The summed E-state index contributed by atoms with van der Waals surface area (Å²) in [4.78, 5) is 52.8. The van der Waals surface area contributed by atoms with Crippen molar-refractivity contribution in [3.63, 3.8) is 0 Å². The second-order valence-electron chi connectivity index (χ2n) is 11.2. The third kappa shape index (κ3) is 7.84. The molecule has 8 heteroatoms. The van der Waals surface area contributed by atoms with Crippen LogP contribution < -0.4 is 10.6 Å². The summed E-state index contributed by atoms with van der Waals surface area (Å²) in [5, 5.41) is 15.1. The highest BCUT2D eigenvalue weighted by Gasteiger charge is 2.41. The van der Waals surface area contributed by atoms with Crippen LogP contribution in [0, 0.1) is 23.2 Å². The molecule has 2 rings (SSSR count). The van der Waals surface area contributed by atoms with Crippen LogP contribution in [0.2, 0.25) is 0 Å². The van der Waals surface area contributed by atoms with Gasteiger partial charge in [0.1, 0.15) is 12.1 Å². The van der Waals surface area contributed by atoms with Gasteiger partial charge in [-0.15, -0.1) is 6.58 Å². The number of carbonyl (C=O) groups excluding carboxylic acids is 3. The van der Waals surface area contributed by atoms with Crippen molar-refractivity contribution in [1.82, 2.24) is 15.5 Å². The quantitative estimate of drug-likeness (QED) is 0.418. The lowest BCUT2D eigenvalue weighted by atomic mass is 9.77. The lowest BCUT2D eigenvalue weighted by Crippen LogP contribution is -2.54. The molecule has 0 spiro atoms. The van der Waals surface area contributed by atoms with Gasteiger partial charge < -0.3 is 20.6 Å². The fourth-order valence-electron chi connectivity index (χ4n) is 4.95. The van der Waals surface area contributed by atoms with E-state index in [-0.39, 0.29) is 29.6 Å². The van der Waals surface area contributed by atoms with E-state index in [1.54, 1.807) is 11.8 Å². The van der Waals surface area contributed by atoms with Crippen molar-refractivity contribution >= 4 is 23.7 Å². The van der Waals surface area contributed by atoms with Crippen LogP contribution in [0.15, 0.2) is 12.7 Å².